The molecule has 0 fully saturated rings. The minimum absolute atomic E-state index is 0.767. The van der Waals surface area contributed by atoms with Gasteiger partial charge in [-0.15, -0.1) is 0 Å². The molecule has 7 aromatic rings. The summed E-state index contributed by atoms with van der Waals surface area (Å²) >= 11 is 0. The molecule has 178 valence electrons. The number of hydrogen-bond donors (Lipinski definition) is 0. The van der Waals surface area contributed by atoms with Crippen LogP contribution in [0.4, 0.5) is 0 Å². The lowest BCUT2D eigenvalue weighted by molar-refractivity contribution is 1.22. The zero-order valence-electron chi connectivity index (χ0n) is 20.1. The van der Waals surface area contributed by atoms with Gasteiger partial charge < -0.3 is 0 Å². The Labute approximate surface area is 218 Å². The molecular weight excluding hydrogens is 470 g/mol. The van der Waals surface area contributed by atoms with Crippen LogP contribution in [0, 0.1) is 0 Å². The van der Waals surface area contributed by atoms with Crippen molar-refractivity contribution in [2.45, 2.75) is 0 Å². The largest absolute Gasteiger partial charge is 0.255 e. The molecule has 0 aliphatic rings. The van der Waals surface area contributed by atoms with Gasteiger partial charge in [0.15, 0.2) is 0 Å². The molecule has 7 aromatic heterocycles. The molecule has 0 amide bonds. The van der Waals surface area contributed by atoms with Crippen molar-refractivity contribution in [2.24, 2.45) is 0 Å². The first-order valence-corrected chi connectivity index (χ1v) is 12.1. The standard InChI is InChI=1S/C31H19N7/c1-3-10-32-24(6-1)28-12-20-18-36-30(14-22(20)16-34-28)26-8-5-9-27(38-26)31-15-23-17-35-29(13-21(23)19-37-31)25-7-2-4-11-33-25/h1-19H. The van der Waals surface area contributed by atoms with Gasteiger partial charge in [0.1, 0.15) is 0 Å². The highest BCUT2D eigenvalue weighted by Crippen LogP contribution is 2.27. The van der Waals surface area contributed by atoms with Crippen LogP contribution in [0.15, 0.2) is 116 Å². The first kappa shape index (κ1) is 21.8. The highest BCUT2D eigenvalue weighted by Gasteiger charge is 2.10. The third-order valence-corrected chi connectivity index (χ3v) is 6.34. The molecule has 0 spiro atoms. The second-order valence-corrected chi connectivity index (χ2v) is 8.81. The van der Waals surface area contributed by atoms with Gasteiger partial charge in [0.05, 0.1) is 45.6 Å². The maximum atomic E-state index is 4.87. The molecule has 0 atom stereocenters. The lowest BCUT2D eigenvalue weighted by Crippen LogP contribution is -1.94. The Morgan fingerprint density at radius 1 is 0.316 bits per heavy atom. The van der Waals surface area contributed by atoms with Crippen LogP contribution in [-0.2, 0) is 0 Å². The summed E-state index contributed by atoms with van der Waals surface area (Å²) in [6, 6.07) is 25.5. The molecule has 0 unspecified atom stereocenters. The predicted molar refractivity (Wildman–Crippen MR) is 148 cm³/mol. The van der Waals surface area contributed by atoms with E-state index in [4.69, 9.17) is 4.98 Å². The van der Waals surface area contributed by atoms with Crippen LogP contribution < -0.4 is 0 Å². The molecular formula is C31H19N7. The molecule has 7 heteroatoms. The quantitative estimate of drug-likeness (QED) is 0.281. The lowest BCUT2D eigenvalue weighted by Gasteiger charge is -2.07. The van der Waals surface area contributed by atoms with Gasteiger partial charge >= 0.3 is 0 Å². The molecule has 7 nitrogen and oxygen atoms in total. The Morgan fingerprint density at radius 3 is 1.05 bits per heavy atom. The third-order valence-electron chi connectivity index (χ3n) is 6.34. The summed E-state index contributed by atoms with van der Waals surface area (Å²) in [6.45, 7) is 0. The Bertz CT molecular complexity index is 1780. The average Bonchev–Trinajstić information content (AvgIpc) is 3.01. The van der Waals surface area contributed by atoms with Crippen molar-refractivity contribution in [2.75, 3.05) is 0 Å². The molecule has 0 radical (unpaired) electrons. The first-order chi connectivity index (χ1) is 18.8. The SMILES string of the molecule is c1ccc(-c2cc3cnc(-c4cccc(-c5cc6cnc(-c7ccccn7)cc6cn5)n4)cc3cn2)nc1. The zero-order chi connectivity index (χ0) is 25.3. The summed E-state index contributed by atoms with van der Waals surface area (Å²) in [5, 5.41) is 3.96. The Balaban J connectivity index is 1.21. The molecule has 0 saturated carbocycles. The fraction of sp³-hybridized carbons (Fsp3) is 0. The Hall–Kier alpha value is -5.43. The van der Waals surface area contributed by atoms with Crippen LogP contribution in [-0.4, -0.2) is 34.9 Å². The van der Waals surface area contributed by atoms with Crippen molar-refractivity contribution in [3.63, 3.8) is 0 Å². The summed E-state index contributed by atoms with van der Waals surface area (Å²) in [4.78, 5) is 32.2. The van der Waals surface area contributed by atoms with Crippen molar-refractivity contribution < 1.29 is 0 Å². The topological polar surface area (TPSA) is 90.2 Å². The number of rotatable bonds is 4. The van der Waals surface area contributed by atoms with Crippen LogP contribution >= 0.6 is 0 Å². The van der Waals surface area contributed by atoms with Crippen LogP contribution in [0.2, 0.25) is 0 Å². The maximum Gasteiger partial charge on any atom is 0.0894 e. The fourth-order valence-corrected chi connectivity index (χ4v) is 4.38. The normalized spacial score (nSPS) is 11.2. The van der Waals surface area contributed by atoms with Gasteiger partial charge in [0.2, 0.25) is 0 Å². The highest BCUT2D eigenvalue weighted by atomic mass is 14.8. The first-order valence-electron chi connectivity index (χ1n) is 12.1. The van der Waals surface area contributed by atoms with Crippen molar-refractivity contribution in [1.29, 1.82) is 0 Å². The van der Waals surface area contributed by atoms with E-state index in [1.165, 1.54) is 0 Å². The molecule has 38 heavy (non-hydrogen) atoms. The molecule has 0 aromatic carbocycles. The van der Waals surface area contributed by atoms with E-state index in [0.29, 0.717) is 0 Å². The van der Waals surface area contributed by atoms with Crippen molar-refractivity contribution in [3.8, 4) is 45.6 Å². The van der Waals surface area contributed by atoms with Gasteiger partial charge in [-0.05, 0) is 60.7 Å². The second kappa shape index (κ2) is 9.22. The number of pyridine rings is 7. The van der Waals surface area contributed by atoms with E-state index in [-0.39, 0.29) is 0 Å². The number of hydrogen-bond acceptors (Lipinski definition) is 7. The van der Waals surface area contributed by atoms with Crippen LogP contribution in [0.1, 0.15) is 0 Å². The summed E-state index contributed by atoms with van der Waals surface area (Å²) in [6.07, 6.45) is 10.9. The zero-order valence-corrected chi connectivity index (χ0v) is 20.1. The van der Waals surface area contributed by atoms with E-state index in [1.54, 1.807) is 12.4 Å². The second-order valence-electron chi connectivity index (χ2n) is 8.81. The fourth-order valence-electron chi connectivity index (χ4n) is 4.38. The summed E-state index contributed by atoms with van der Waals surface area (Å²) in [5.74, 6) is 0. The third kappa shape index (κ3) is 4.12. The summed E-state index contributed by atoms with van der Waals surface area (Å²) < 4.78 is 0. The van der Waals surface area contributed by atoms with Gasteiger partial charge in [-0.1, -0.05) is 18.2 Å². The molecule has 0 N–H and O–H groups in total. The van der Waals surface area contributed by atoms with Crippen molar-refractivity contribution in [1.82, 2.24) is 34.9 Å². The van der Waals surface area contributed by atoms with Crippen molar-refractivity contribution >= 4 is 21.5 Å². The average molecular weight is 490 g/mol. The molecule has 0 bridgehead atoms. The summed E-state index contributed by atoms with van der Waals surface area (Å²) in [5.41, 5.74) is 6.38. The monoisotopic (exact) mass is 489 g/mol. The highest BCUT2D eigenvalue weighted by molar-refractivity contribution is 5.88. The molecule has 7 rings (SSSR count). The lowest BCUT2D eigenvalue weighted by atomic mass is 10.1. The summed E-state index contributed by atoms with van der Waals surface area (Å²) in [7, 11) is 0. The van der Waals surface area contributed by atoms with Crippen molar-refractivity contribution in [3.05, 3.63) is 116 Å². The van der Waals surface area contributed by atoms with E-state index < -0.39 is 0 Å². The van der Waals surface area contributed by atoms with Gasteiger partial charge in [-0.25, -0.2) is 4.98 Å². The van der Waals surface area contributed by atoms with E-state index in [2.05, 4.69) is 29.9 Å². The van der Waals surface area contributed by atoms with Gasteiger partial charge in [0.25, 0.3) is 0 Å². The molecule has 7 heterocycles. The number of aromatic nitrogens is 7. The molecule has 0 saturated heterocycles. The van der Waals surface area contributed by atoms with Gasteiger partial charge in [0, 0.05) is 58.7 Å². The van der Waals surface area contributed by atoms with Gasteiger partial charge in [-0.3, -0.25) is 29.9 Å². The van der Waals surface area contributed by atoms with Crippen LogP contribution in [0.5, 0.6) is 0 Å². The van der Waals surface area contributed by atoms with E-state index >= 15 is 0 Å². The molecule has 0 aliphatic heterocycles. The molecule has 0 aliphatic carbocycles. The van der Waals surface area contributed by atoms with E-state index in [0.717, 1.165) is 67.1 Å². The van der Waals surface area contributed by atoms with Crippen LogP contribution in [0.3, 0.4) is 0 Å². The Morgan fingerprint density at radius 2 is 0.684 bits per heavy atom. The van der Waals surface area contributed by atoms with Crippen LogP contribution in [0.25, 0.3) is 67.1 Å². The minimum atomic E-state index is 0.767. The predicted octanol–water partition coefficient (Wildman–Crippen LogP) is 6.43. The van der Waals surface area contributed by atoms with E-state index in [1.807, 2.05) is 104 Å². The maximum absolute atomic E-state index is 4.87. The Kier molecular flexibility index (Phi) is 5.29. The van der Waals surface area contributed by atoms with E-state index in [9.17, 15) is 0 Å². The van der Waals surface area contributed by atoms with Gasteiger partial charge in [-0.2, -0.15) is 0 Å². The minimum Gasteiger partial charge on any atom is -0.255 e. The number of nitrogens with zero attached hydrogens (tertiary/aromatic N) is 7. The number of fused-ring (bicyclic) bond motifs is 2. The smallest absolute Gasteiger partial charge is 0.0894 e.